The Morgan fingerprint density at radius 1 is 0.947 bits per heavy atom. The maximum atomic E-state index is 3.68. The average molecular weight is 268 g/mol. The van der Waals surface area contributed by atoms with Crippen LogP contribution in [0.3, 0.4) is 0 Å². The molecule has 0 radical (unpaired) electrons. The van der Waals surface area contributed by atoms with E-state index in [0.717, 1.165) is 29.6 Å². The molecular weight excluding hydrogens is 230 g/mol. The number of rotatable bonds is 7. The van der Waals surface area contributed by atoms with Crippen molar-refractivity contribution in [1.29, 1.82) is 0 Å². The highest BCUT2D eigenvalue weighted by molar-refractivity contribution is 4.83. The van der Waals surface area contributed by atoms with Crippen LogP contribution in [-0.4, -0.2) is 12.6 Å². The Kier molecular flexibility index (Phi) is 7.42. The molecule has 114 valence electrons. The first-order chi connectivity index (χ1) is 8.90. The molecule has 1 heteroatoms. The van der Waals surface area contributed by atoms with Gasteiger partial charge in [-0.05, 0) is 61.8 Å². The van der Waals surface area contributed by atoms with Gasteiger partial charge >= 0.3 is 0 Å². The van der Waals surface area contributed by atoms with Gasteiger partial charge in [-0.15, -0.1) is 0 Å². The SMILES string of the molecule is CC(C)CCC1CC(C(C)C)CCC1CNC(C)C. The zero-order valence-corrected chi connectivity index (χ0v) is 14.2. The Hall–Kier alpha value is -0.0400. The Labute approximate surface area is 121 Å². The van der Waals surface area contributed by atoms with Gasteiger partial charge in [0.25, 0.3) is 0 Å². The highest BCUT2D eigenvalue weighted by Crippen LogP contribution is 2.40. The van der Waals surface area contributed by atoms with E-state index in [2.05, 4.69) is 46.9 Å². The van der Waals surface area contributed by atoms with Crippen LogP contribution >= 0.6 is 0 Å². The minimum atomic E-state index is 0.633. The van der Waals surface area contributed by atoms with Gasteiger partial charge < -0.3 is 5.32 Å². The van der Waals surface area contributed by atoms with Crippen molar-refractivity contribution in [3.8, 4) is 0 Å². The van der Waals surface area contributed by atoms with E-state index in [-0.39, 0.29) is 0 Å². The van der Waals surface area contributed by atoms with E-state index in [1.54, 1.807) is 0 Å². The van der Waals surface area contributed by atoms with E-state index in [4.69, 9.17) is 0 Å². The second kappa shape index (κ2) is 8.29. The van der Waals surface area contributed by atoms with Crippen molar-refractivity contribution in [1.82, 2.24) is 5.32 Å². The van der Waals surface area contributed by atoms with E-state index in [0.29, 0.717) is 6.04 Å². The lowest BCUT2D eigenvalue weighted by atomic mass is 9.68. The average Bonchev–Trinajstić information content (AvgIpc) is 2.33. The lowest BCUT2D eigenvalue weighted by Crippen LogP contribution is -2.37. The summed E-state index contributed by atoms with van der Waals surface area (Å²) < 4.78 is 0. The fourth-order valence-corrected chi connectivity index (χ4v) is 3.53. The summed E-state index contributed by atoms with van der Waals surface area (Å²) in [5.74, 6) is 4.61. The minimum Gasteiger partial charge on any atom is -0.314 e. The molecule has 0 aromatic rings. The van der Waals surface area contributed by atoms with Gasteiger partial charge in [-0.2, -0.15) is 0 Å². The summed E-state index contributed by atoms with van der Waals surface area (Å²) in [5, 5.41) is 3.68. The lowest BCUT2D eigenvalue weighted by molar-refractivity contribution is 0.131. The predicted molar refractivity (Wildman–Crippen MR) is 86.4 cm³/mol. The Bertz CT molecular complexity index is 232. The Morgan fingerprint density at radius 2 is 1.63 bits per heavy atom. The standard InChI is InChI=1S/C18H37N/c1-13(2)7-8-17-11-16(14(3)4)9-10-18(17)12-19-15(5)6/h13-19H,7-12H2,1-6H3. The summed E-state index contributed by atoms with van der Waals surface area (Å²) in [6, 6.07) is 0.633. The molecule has 0 spiro atoms. The quantitative estimate of drug-likeness (QED) is 0.676. The molecule has 3 atom stereocenters. The normalized spacial score (nSPS) is 28.6. The highest BCUT2D eigenvalue weighted by atomic mass is 14.9. The van der Waals surface area contributed by atoms with Crippen molar-refractivity contribution in [2.45, 2.75) is 79.7 Å². The van der Waals surface area contributed by atoms with E-state index in [1.807, 2.05) is 0 Å². The van der Waals surface area contributed by atoms with Crippen LogP contribution in [0.5, 0.6) is 0 Å². The van der Waals surface area contributed by atoms with Crippen molar-refractivity contribution in [2.75, 3.05) is 6.54 Å². The van der Waals surface area contributed by atoms with E-state index in [1.165, 1.54) is 38.6 Å². The molecule has 0 heterocycles. The Morgan fingerprint density at radius 3 is 2.16 bits per heavy atom. The third-order valence-electron chi connectivity index (χ3n) is 5.03. The van der Waals surface area contributed by atoms with Crippen LogP contribution in [0.1, 0.15) is 73.6 Å². The third kappa shape index (κ3) is 6.29. The van der Waals surface area contributed by atoms with E-state index < -0.39 is 0 Å². The van der Waals surface area contributed by atoms with Crippen molar-refractivity contribution >= 4 is 0 Å². The van der Waals surface area contributed by atoms with Gasteiger partial charge in [0.05, 0.1) is 0 Å². The molecule has 1 nitrogen and oxygen atoms in total. The van der Waals surface area contributed by atoms with Crippen LogP contribution in [-0.2, 0) is 0 Å². The molecule has 1 aliphatic carbocycles. The first kappa shape index (κ1) is 17.0. The molecule has 19 heavy (non-hydrogen) atoms. The molecular formula is C18H37N. The smallest absolute Gasteiger partial charge is 0.00104 e. The van der Waals surface area contributed by atoms with Crippen LogP contribution in [0, 0.1) is 29.6 Å². The first-order valence-electron chi connectivity index (χ1n) is 8.63. The second-order valence-corrected chi connectivity index (χ2v) is 7.87. The van der Waals surface area contributed by atoms with Gasteiger partial charge in [-0.3, -0.25) is 0 Å². The number of hydrogen-bond donors (Lipinski definition) is 1. The molecule has 3 unspecified atom stereocenters. The van der Waals surface area contributed by atoms with Crippen LogP contribution < -0.4 is 5.32 Å². The zero-order valence-electron chi connectivity index (χ0n) is 14.2. The summed E-state index contributed by atoms with van der Waals surface area (Å²) >= 11 is 0. The van der Waals surface area contributed by atoms with E-state index in [9.17, 15) is 0 Å². The summed E-state index contributed by atoms with van der Waals surface area (Å²) in [6.07, 6.45) is 7.25. The summed E-state index contributed by atoms with van der Waals surface area (Å²) in [6.45, 7) is 15.3. The summed E-state index contributed by atoms with van der Waals surface area (Å²) in [4.78, 5) is 0. The zero-order chi connectivity index (χ0) is 14.4. The van der Waals surface area contributed by atoms with Gasteiger partial charge in [0, 0.05) is 6.04 Å². The third-order valence-corrected chi connectivity index (χ3v) is 5.03. The van der Waals surface area contributed by atoms with Gasteiger partial charge in [-0.1, -0.05) is 48.0 Å². The van der Waals surface area contributed by atoms with Gasteiger partial charge in [-0.25, -0.2) is 0 Å². The van der Waals surface area contributed by atoms with Gasteiger partial charge in [0.1, 0.15) is 0 Å². The second-order valence-electron chi connectivity index (χ2n) is 7.87. The first-order valence-corrected chi connectivity index (χ1v) is 8.63. The summed E-state index contributed by atoms with van der Waals surface area (Å²) in [5.41, 5.74) is 0. The van der Waals surface area contributed by atoms with Crippen molar-refractivity contribution < 1.29 is 0 Å². The number of nitrogens with one attached hydrogen (secondary N) is 1. The fourth-order valence-electron chi connectivity index (χ4n) is 3.53. The van der Waals surface area contributed by atoms with Gasteiger partial charge in [0.15, 0.2) is 0 Å². The van der Waals surface area contributed by atoms with Crippen molar-refractivity contribution in [3.63, 3.8) is 0 Å². The molecule has 1 aliphatic rings. The summed E-state index contributed by atoms with van der Waals surface area (Å²) in [7, 11) is 0. The van der Waals surface area contributed by atoms with Crippen LogP contribution in [0.25, 0.3) is 0 Å². The van der Waals surface area contributed by atoms with Crippen LogP contribution in [0.2, 0.25) is 0 Å². The van der Waals surface area contributed by atoms with Crippen LogP contribution in [0.4, 0.5) is 0 Å². The molecule has 0 aromatic carbocycles. The maximum absolute atomic E-state index is 3.68. The van der Waals surface area contributed by atoms with Crippen molar-refractivity contribution in [3.05, 3.63) is 0 Å². The highest BCUT2D eigenvalue weighted by Gasteiger charge is 2.31. The van der Waals surface area contributed by atoms with E-state index >= 15 is 0 Å². The van der Waals surface area contributed by atoms with Gasteiger partial charge in [0.2, 0.25) is 0 Å². The molecule has 1 rings (SSSR count). The molecule has 0 bridgehead atoms. The molecule has 0 amide bonds. The minimum absolute atomic E-state index is 0.633. The predicted octanol–water partition coefficient (Wildman–Crippen LogP) is 5.11. The molecule has 1 fully saturated rings. The lowest BCUT2D eigenvalue weighted by Gasteiger charge is -2.39. The topological polar surface area (TPSA) is 12.0 Å². The van der Waals surface area contributed by atoms with Crippen LogP contribution in [0.15, 0.2) is 0 Å². The van der Waals surface area contributed by atoms with Crippen molar-refractivity contribution in [2.24, 2.45) is 29.6 Å². The molecule has 0 aromatic heterocycles. The molecule has 1 N–H and O–H groups in total. The fraction of sp³-hybridized carbons (Fsp3) is 1.00. The molecule has 1 saturated carbocycles. The monoisotopic (exact) mass is 267 g/mol. The largest absolute Gasteiger partial charge is 0.314 e. The Balaban J connectivity index is 2.51. The number of hydrogen-bond acceptors (Lipinski definition) is 1. The molecule has 0 saturated heterocycles. The maximum Gasteiger partial charge on any atom is 0.00104 e. The molecule has 0 aliphatic heterocycles.